The van der Waals surface area contributed by atoms with Crippen LogP contribution in [0.5, 0.6) is 5.75 Å². The van der Waals surface area contributed by atoms with Gasteiger partial charge < -0.3 is 9.26 Å². The van der Waals surface area contributed by atoms with Gasteiger partial charge in [-0.15, -0.1) is 0 Å². The summed E-state index contributed by atoms with van der Waals surface area (Å²) in [6.45, 7) is 0.394. The second kappa shape index (κ2) is 7.34. The normalized spacial score (nSPS) is 21.6. The fourth-order valence-electron chi connectivity index (χ4n) is 3.69. The Morgan fingerprint density at radius 1 is 1.11 bits per heavy atom. The summed E-state index contributed by atoms with van der Waals surface area (Å²) < 4.78 is 10.4. The highest BCUT2D eigenvalue weighted by molar-refractivity contribution is 6.05. The number of aromatic nitrogens is 2. The van der Waals surface area contributed by atoms with Crippen LogP contribution in [0, 0.1) is 11.8 Å². The minimum atomic E-state index is -0.174. The van der Waals surface area contributed by atoms with Crippen LogP contribution in [-0.4, -0.2) is 40.5 Å². The first-order chi connectivity index (χ1) is 13.2. The van der Waals surface area contributed by atoms with Crippen molar-refractivity contribution in [3.05, 3.63) is 42.3 Å². The molecule has 2 heterocycles. The average molecular weight is 367 g/mol. The molecule has 7 nitrogen and oxygen atoms in total. The molecule has 2 amide bonds. The van der Waals surface area contributed by atoms with Gasteiger partial charge in [0.05, 0.1) is 18.9 Å². The van der Waals surface area contributed by atoms with Gasteiger partial charge in [-0.25, -0.2) is 0 Å². The number of likely N-dealkylation sites (tertiary alicyclic amines) is 1. The molecule has 1 aliphatic heterocycles. The highest BCUT2D eigenvalue weighted by atomic mass is 16.5. The number of fused-ring (bicyclic) bond motifs is 1. The molecule has 27 heavy (non-hydrogen) atoms. The Labute approximate surface area is 157 Å². The molecular formula is C20H21N3O4. The van der Waals surface area contributed by atoms with Crippen molar-refractivity contribution in [1.82, 2.24) is 15.0 Å². The first-order valence-corrected chi connectivity index (χ1v) is 9.14. The topological polar surface area (TPSA) is 85.5 Å². The van der Waals surface area contributed by atoms with E-state index >= 15 is 0 Å². The van der Waals surface area contributed by atoms with Crippen LogP contribution in [-0.2, 0) is 16.0 Å². The van der Waals surface area contributed by atoms with Crippen LogP contribution in [0.2, 0.25) is 0 Å². The van der Waals surface area contributed by atoms with Crippen molar-refractivity contribution in [2.24, 2.45) is 11.8 Å². The lowest BCUT2D eigenvalue weighted by Crippen LogP contribution is -2.32. The summed E-state index contributed by atoms with van der Waals surface area (Å²) in [5.41, 5.74) is 0.840. The largest absolute Gasteiger partial charge is 0.497 e. The molecule has 2 aromatic rings. The molecule has 7 heteroatoms. The van der Waals surface area contributed by atoms with Crippen molar-refractivity contribution in [2.45, 2.75) is 25.7 Å². The Morgan fingerprint density at radius 2 is 1.78 bits per heavy atom. The number of imide groups is 1. The molecule has 1 saturated heterocycles. The maximum absolute atomic E-state index is 12.4. The van der Waals surface area contributed by atoms with Crippen molar-refractivity contribution in [2.75, 3.05) is 13.7 Å². The van der Waals surface area contributed by atoms with E-state index in [-0.39, 0.29) is 23.7 Å². The molecular weight excluding hydrogens is 346 g/mol. The van der Waals surface area contributed by atoms with Crippen molar-refractivity contribution in [1.29, 1.82) is 0 Å². The smallest absolute Gasteiger partial charge is 0.233 e. The molecule has 0 spiro atoms. The molecule has 4 rings (SSSR count). The molecule has 0 saturated carbocycles. The van der Waals surface area contributed by atoms with Gasteiger partial charge in [-0.05, 0) is 43.5 Å². The van der Waals surface area contributed by atoms with Crippen LogP contribution < -0.4 is 4.74 Å². The zero-order valence-electron chi connectivity index (χ0n) is 15.1. The van der Waals surface area contributed by atoms with E-state index in [4.69, 9.17) is 9.26 Å². The number of ether oxygens (including phenoxy) is 1. The quantitative estimate of drug-likeness (QED) is 0.576. The number of hydrogen-bond donors (Lipinski definition) is 0. The van der Waals surface area contributed by atoms with Crippen LogP contribution in [0.4, 0.5) is 0 Å². The van der Waals surface area contributed by atoms with E-state index in [1.54, 1.807) is 7.11 Å². The maximum atomic E-state index is 12.4. The third kappa shape index (κ3) is 3.37. The summed E-state index contributed by atoms with van der Waals surface area (Å²) in [6.07, 6.45) is 6.45. The number of carbonyl (C=O) groups excluding carboxylic acids is 2. The molecule has 1 aromatic heterocycles. The Bertz CT molecular complexity index is 846. The number of hydrogen-bond acceptors (Lipinski definition) is 6. The van der Waals surface area contributed by atoms with Crippen molar-refractivity contribution < 1.29 is 18.8 Å². The van der Waals surface area contributed by atoms with Gasteiger partial charge in [-0.3, -0.25) is 14.5 Å². The molecule has 1 aliphatic carbocycles. The van der Waals surface area contributed by atoms with Crippen LogP contribution in [0.25, 0.3) is 11.4 Å². The fraction of sp³-hybridized carbons (Fsp3) is 0.400. The van der Waals surface area contributed by atoms with E-state index in [0.29, 0.717) is 43.9 Å². The summed E-state index contributed by atoms with van der Waals surface area (Å²) in [5.74, 6) is 1.34. The van der Waals surface area contributed by atoms with Crippen molar-refractivity contribution in [3.8, 4) is 17.1 Å². The predicted octanol–water partition coefficient (Wildman–Crippen LogP) is 2.63. The van der Waals surface area contributed by atoms with Crippen LogP contribution in [0.3, 0.4) is 0 Å². The highest BCUT2D eigenvalue weighted by Gasteiger charge is 2.46. The Morgan fingerprint density at radius 3 is 2.41 bits per heavy atom. The maximum Gasteiger partial charge on any atom is 0.233 e. The van der Waals surface area contributed by atoms with E-state index in [1.807, 2.05) is 36.4 Å². The van der Waals surface area contributed by atoms with Crippen LogP contribution in [0.15, 0.2) is 40.9 Å². The molecule has 140 valence electrons. The second-order valence-corrected chi connectivity index (χ2v) is 6.83. The van der Waals surface area contributed by atoms with Gasteiger partial charge in [0, 0.05) is 18.5 Å². The molecule has 2 aliphatic rings. The summed E-state index contributed by atoms with van der Waals surface area (Å²) in [5, 5.41) is 4.00. The van der Waals surface area contributed by atoms with E-state index in [2.05, 4.69) is 10.1 Å². The lowest BCUT2D eigenvalue weighted by Gasteiger charge is -2.14. The SMILES string of the molecule is COc1ccc(-c2noc(CCCN3C(=O)[C@H]4CC=CC[C@@H]4C3=O)n2)cc1. The van der Waals surface area contributed by atoms with Crippen molar-refractivity contribution >= 4 is 11.8 Å². The van der Waals surface area contributed by atoms with Gasteiger partial charge >= 0.3 is 0 Å². The Kier molecular flexibility index (Phi) is 4.75. The van der Waals surface area contributed by atoms with Crippen LogP contribution in [0.1, 0.15) is 25.2 Å². The van der Waals surface area contributed by atoms with E-state index in [9.17, 15) is 9.59 Å². The third-order valence-electron chi connectivity index (χ3n) is 5.19. The van der Waals surface area contributed by atoms with Gasteiger partial charge in [0.2, 0.25) is 23.5 Å². The molecule has 2 atom stereocenters. The van der Waals surface area contributed by atoms with E-state index in [0.717, 1.165) is 11.3 Å². The lowest BCUT2D eigenvalue weighted by molar-refractivity contribution is -0.139. The highest BCUT2D eigenvalue weighted by Crippen LogP contribution is 2.35. The molecule has 1 aromatic carbocycles. The van der Waals surface area contributed by atoms with Gasteiger partial charge in [0.25, 0.3) is 0 Å². The van der Waals surface area contributed by atoms with Crippen molar-refractivity contribution in [3.63, 3.8) is 0 Å². The number of nitrogens with zero attached hydrogens (tertiary/aromatic N) is 3. The minimum absolute atomic E-state index is 0.0428. The average Bonchev–Trinajstić information content (AvgIpc) is 3.27. The first-order valence-electron chi connectivity index (χ1n) is 9.14. The number of carbonyl (C=O) groups is 2. The number of methoxy groups -OCH3 is 1. The number of amides is 2. The fourth-order valence-corrected chi connectivity index (χ4v) is 3.69. The van der Waals surface area contributed by atoms with E-state index < -0.39 is 0 Å². The summed E-state index contributed by atoms with van der Waals surface area (Å²) >= 11 is 0. The van der Waals surface area contributed by atoms with Crippen LogP contribution >= 0.6 is 0 Å². The number of allylic oxidation sites excluding steroid dienone is 2. The van der Waals surface area contributed by atoms with Gasteiger partial charge in [0.15, 0.2) is 0 Å². The summed E-state index contributed by atoms with van der Waals surface area (Å²) in [7, 11) is 1.61. The second-order valence-electron chi connectivity index (χ2n) is 6.83. The monoisotopic (exact) mass is 367 g/mol. The van der Waals surface area contributed by atoms with Gasteiger partial charge in [-0.2, -0.15) is 4.98 Å². The molecule has 1 fully saturated rings. The third-order valence-corrected chi connectivity index (χ3v) is 5.19. The summed E-state index contributed by atoms with van der Waals surface area (Å²) in [4.78, 5) is 30.7. The lowest BCUT2D eigenvalue weighted by atomic mass is 9.85. The van der Waals surface area contributed by atoms with E-state index in [1.165, 1.54) is 4.90 Å². The molecule has 0 radical (unpaired) electrons. The first kappa shape index (κ1) is 17.5. The Hall–Kier alpha value is -2.96. The molecule has 0 unspecified atom stereocenters. The standard InChI is InChI=1S/C20H21N3O4/c1-26-14-10-8-13(9-11-14)18-21-17(27-22-18)7-4-12-23-19(24)15-5-2-3-6-16(15)20(23)25/h2-3,8-11,15-16H,4-7,12H2,1H3/t15-,16-/m0/s1. The zero-order valence-corrected chi connectivity index (χ0v) is 15.1. The van der Waals surface area contributed by atoms with Gasteiger partial charge in [-0.1, -0.05) is 17.3 Å². The summed E-state index contributed by atoms with van der Waals surface area (Å²) in [6, 6.07) is 7.41. The van der Waals surface area contributed by atoms with Gasteiger partial charge in [0.1, 0.15) is 5.75 Å². The predicted molar refractivity (Wildman–Crippen MR) is 96.7 cm³/mol. The number of aryl methyl sites for hydroxylation is 1. The molecule has 0 N–H and O–H groups in total. The molecule has 0 bridgehead atoms. The minimum Gasteiger partial charge on any atom is -0.497 e. The number of benzene rings is 1. The number of rotatable bonds is 6. The Balaban J connectivity index is 1.34. The zero-order chi connectivity index (χ0) is 18.8.